The van der Waals surface area contributed by atoms with Crippen molar-refractivity contribution in [3.8, 4) is 5.69 Å². The highest BCUT2D eigenvalue weighted by Gasteiger charge is 2.07. The lowest BCUT2D eigenvalue weighted by molar-refractivity contribution is 0.0945. The van der Waals surface area contributed by atoms with E-state index in [2.05, 4.69) is 35.9 Å². The Morgan fingerprint density at radius 1 is 1.11 bits per heavy atom. The minimum absolute atomic E-state index is 0.0500. The van der Waals surface area contributed by atoms with Crippen LogP contribution in [0.25, 0.3) is 5.69 Å². The van der Waals surface area contributed by atoms with Crippen LogP contribution in [0.2, 0.25) is 0 Å². The SMILES string of the molecule is Cc1ccc(C)n1-c1ccc(C(=O)NCCO)cc1. The van der Waals surface area contributed by atoms with Gasteiger partial charge in [-0.15, -0.1) is 0 Å². The second-order valence-electron chi connectivity index (χ2n) is 4.48. The summed E-state index contributed by atoms with van der Waals surface area (Å²) in [6.07, 6.45) is 0. The van der Waals surface area contributed by atoms with E-state index in [4.69, 9.17) is 5.11 Å². The van der Waals surface area contributed by atoms with Gasteiger partial charge >= 0.3 is 0 Å². The number of hydrogen-bond acceptors (Lipinski definition) is 2. The molecule has 0 fully saturated rings. The second-order valence-corrected chi connectivity index (χ2v) is 4.48. The molecule has 4 heteroatoms. The van der Waals surface area contributed by atoms with Crippen LogP contribution in [0.1, 0.15) is 21.7 Å². The van der Waals surface area contributed by atoms with Crippen LogP contribution in [0.4, 0.5) is 0 Å². The number of aliphatic hydroxyl groups is 1. The third-order valence-corrected chi connectivity index (χ3v) is 3.06. The monoisotopic (exact) mass is 258 g/mol. The summed E-state index contributed by atoms with van der Waals surface area (Å²) >= 11 is 0. The molecule has 0 unspecified atom stereocenters. The first-order valence-corrected chi connectivity index (χ1v) is 6.28. The highest BCUT2D eigenvalue weighted by molar-refractivity contribution is 5.94. The normalized spacial score (nSPS) is 10.5. The quantitative estimate of drug-likeness (QED) is 0.879. The van der Waals surface area contributed by atoms with Crippen LogP contribution in [0.15, 0.2) is 36.4 Å². The molecule has 0 radical (unpaired) electrons. The van der Waals surface area contributed by atoms with Crippen LogP contribution < -0.4 is 5.32 Å². The Hall–Kier alpha value is -2.07. The maximum atomic E-state index is 11.7. The van der Waals surface area contributed by atoms with E-state index in [0.717, 1.165) is 17.1 Å². The number of amides is 1. The smallest absolute Gasteiger partial charge is 0.251 e. The highest BCUT2D eigenvalue weighted by Crippen LogP contribution is 2.16. The molecular weight excluding hydrogens is 240 g/mol. The van der Waals surface area contributed by atoms with E-state index in [1.807, 2.05) is 12.1 Å². The van der Waals surface area contributed by atoms with Crippen molar-refractivity contribution in [3.63, 3.8) is 0 Å². The molecule has 0 aliphatic carbocycles. The van der Waals surface area contributed by atoms with Crippen molar-refractivity contribution < 1.29 is 9.90 Å². The van der Waals surface area contributed by atoms with Crippen LogP contribution >= 0.6 is 0 Å². The van der Waals surface area contributed by atoms with Gasteiger partial charge in [0.05, 0.1) is 6.61 Å². The molecule has 2 aromatic rings. The average molecular weight is 258 g/mol. The standard InChI is InChI=1S/C15H18N2O2/c1-11-3-4-12(2)17(11)14-7-5-13(6-8-14)15(19)16-9-10-18/h3-8,18H,9-10H2,1-2H3,(H,16,19). The maximum Gasteiger partial charge on any atom is 0.251 e. The number of hydrogen-bond donors (Lipinski definition) is 2. The number of carbonyl (C=O) groups is 1. The van der Waals surface area contributed by atoms with Crippen molar-refractivity contribution in [1.82, 2.24) is 9.88 Å². The lowest BCUT2D eigenvalue weighted by Crippen LogP contribution is -2.26. The van der Waals surface area contributed by atoms with E-state index in [-0.39, 0.29) is 19.1 Å². The average Bonchev–Trinajstić information content (AvgIpc) is 2.76. The molecule has 19 heavy (non-hydrogen) atoms. The zero-order valence-electron chi connectivity index (χ0n) is 11.2. The van der Waals surface area contributed by atoms with Gasteiger partial charge in [-0.2, -0.15) is 0 Å². The Morgan fingerprint density at radius 3 is 2.21 bits per heavy atom. The van der Waals surface area contributed by atoms with Crippen LogP contribution in [0, 0.1) is 13.8 Å². The first kappa shape index (κ1) is 13.4. The Morgan fingerprint density at radius 2 is 1.68 bits per heavy atom. The van der Waals surface area contributed by atoms with Gasteiger partial charge in [0.15, 0.2) is 0 Å². The van der Waals surface area contributed by atoms with E-state index in [0.29, 0.717) is 5.56 Å². The van der Waals surface area contributed by atoms with E-state index in [9.17, 15) is 4.79 Å². The Balaban J connectivity index is 2.21. The number of aryl methyl sites for hydroxylation is 2. The third-order valence-electron chi connectivity index (χ3n) is 3.06. The van der Waals surface area contributed by atoms with Crippen molar-refractivity contribution in [2.24, 2.45) is 0 Å². The molecule has 4 nitrogen and oxygen atoms in total. The Bertz CT molecular complexity index is 551. The van der Waals surface area contributed by atoms with Crippen LogP contribution in [-0.4, -0.2) is 28.7 Å². The summed E-state index contributed by atoms with van der Waals surface area (Å²) < 4.78 is 2.13. The van der Waals surface area contributed by atoms with Gasteiger partial charge in [-0.1, -0.05) is 0 Å². The van der Waals surface area contributed by atoms with Gasteiger partial charge in [-0.25, -0.2) is 0 Å². The van der Waals surface area contributed by atoms with E-state index >= 15 is 0 Å². The molecule has 0 aliphatic heterocycles. The maximum absolute atomic E-state index is 11.7. The van der Waals surface area contributed by atoms with E-state index in [1.54, 1.807) is 12.1 Å². The summed E-state index contributed by atoms with van der Waals surface area (Å²) in [5, 5.41) is 11.3. The molecule has 1 aromatic carbocycles. The van der Waals surface area contributed by atoms with Crippen LogP contribution in [0.5, 0.6) is 0 Å². The lowest BCUT2D eigenvalue weighted by atomic mass is 10.2. The summed E-state index contributed by atoms with van der Waals surface area (Å²) in [7, 11) is 0. The number of nitrogens with zero attached hydrogens (tertiary/aromatic N) is 1. The molecule has 0 spiro atoms. The Kier molecular flexibility index (Phi) is 4.02. The molecule has 1 heterocycles. The fourth-order valence-electron chi connectivity index (χ4n) is 2.11. The number of carbonyl (C=O) groups excluding carboxylic acids is 1. The number of benzene rings is 1. The van der Waals surface area contributed by atoms with Gasteiger partial charge in [-0.3, -0.25) is 4.79 Å². The van der Waals surface area contributed by atoms with Gasteiger partial charge in [0.2, 0.25) is 0 Å². The van der Waals surface area contributed by atoms with Gasteiger partial charge in [-0.05, 0) is 50.2 Å². The molecule has 100 valence electrons. The third kappa shape index (κ3) is 2.85. The first-order valence-electron chi connectivity index (χ1n) is 6.28. The minimum atomic E-state index is -0.165. The van der Waals surface area contributed by atoms with Crippen molar-refractivity contribution in [2.75, 3.05) is 13.2 Å². The number of rotatable bonds is 4. The molecule has 0 saturated carbocycles. The lowest BCUT2D eigenvalue weighted by Gasteiger charge is -2.10. The molecule has 1 aromatic heterocycles. The van der Waals surface area contributed by atoms with Crippen molar-refractivity contribution in [1.29, 1.82) is 0 Å². The summed E-state index contributed by atoms with van der Waals surface area (Å²) in [5.41, 5.74) is 3.96. The van der Waals surface area contributed by atoms with Crippen molar-refractivity contribution in [3.05, 3.63) is 53.3 Å². The highest BCUT2D eigenvalue weighted by atomic mass is 16.3. The largest absolute Gasteiger partial charge is 0.395 e. The van der Waals surface area contributed by atoms with Gasteiger partial charge in [0, 0.05) is 29.2 Å². The van der Waals surface area contributed by atoms with Gasteiger partial charge in [0.1, 0.15) is 0 Å². The predicted molar refractivity (Wildman–Crippen MR) is 74.7 cm³/mol. The molecule has 0 bridgehead atoms. The van der Waals surface area contributed by atoms with Crippen LogP contribution in [-0.2, 0) is 0 Å². The molecule has 2 rings (SSSR count). The minimum Gasteiger partial charge on any atom is -0.395 e. The zero-order chi connectivity index (χ0) is 13.8. The van der Waals surface area contributed by atoms with E-state index < -0.39 is 0 Å². The second kappa shape index (κ2) is 5.71. The molecule has 2 N–H and O–H groups in total. The topological polar surface area (TPSA) is 54.3 Å². The fourth-order valence-corrected chi connectivity index (χ4v) is 2.11. The molecule has 1 amide bonds. The van der Waals surface area contributed by atoms with Crippen molar-refractivity contribution >= 4 is 5.91 Å². The van der Waals surface area contributed by atoms with Gasteiger partial charge < -0.3 is 15.0 Å². The first-order chi connectivity index (χ1) is 9.13. The molecule has 0 atom stereocenters. The summed E-state index contributed by atoms with van der Waals surface area (Å²) in [5.74, 6) is -0.165. The van der Waals surface area contributed by atoms with Crippen LogP contribution in [0.3, 0.4) is 0 Å². The summed E-state index contributed by atoms with van der Waals surface area (Å²) in [6, 6.07) is 11.6. The summed E-state index contributed by atoms with van der Waals surface area (Å²) in [4.78, 5) is 11.7. The molecule has 0 aliphatic rings. The zero-order valence-corrected chi connectivity index (χ0v) is 11.2. The predicted octanol–water partition coefficient (Wildman–Crippen LogP) is 1.82. The number of aliphatic hydroxyl groups excluding tert-OH is 1. The van der Waals surface area contributed by atoms with E-state index in [1.165, 1.54) is 0 Å². The Labute approximate surface area is 112 Å². The number of aromatic nitrogens is 1. The number of nitrogens with one attached hydrogen (secondary N) is 1. The van der Waals surface area contributed by atoms with Gasteiger partial charge in [0.25, 0.3) is 5.91 Å². The summed E-state index contributed by atoms with van der Waals surface area (Å²) in [6.45, 7) is 4.33. The van der Waals surface area contributed by atoms with Crippen molar-refractivity contribution in [2.45, 2.75) is 13.8 Å². The fraction of sp³-hybridized carbons (Fsp3) is 0.267. The molecule has 0 saturated heterocycles. The molecular formula is C15H18N2O2.